The van der Waals surface area contributed by atoms with Crippen LogP contribution in [0.1, 0.15) is 25.2 Å². The fraction of sp³-hybridized carbons (Fsp3) is 0.357. The van der Waals surface area contributed by atoms with E-state index in [1.165, 1.54) is 12.1 Å². The van der Waals surface area contributed by atoms with Gasteiger partial charge in [-0.05, 0) is 41.4 Å². The molecule has 0 N–H and O–H groups in total. The number of hydrogen-bond acceptors (Lipinski definition) is 4. The molecule has 0 spiro atoms. The Labute approximate surface area is 131 Å². The van der Waals surface area contributed by atoms with Gasteiger partial charge in [0.05, 0.1) is 26.9 Å². The third-order valence-corrected chi connectivity index (χ3v) is 3.73. The molecule has 1 aromatic heterocycles. The van der Waals surface area contributed by atoms with Gasteiger partial charge in [0, 0.05) is 12.6 Å². The van der Waals surface area contributed by atoms with Crippen molar-refractivity contribution >= 4 is 21.6 Å². The van der Waals surface area contributed by atoms with Crippen molar-refractivity contribution < 1.29 is 9.66 Å². The maximum Gasteiger partial charge on any atom is 0.273 e. The monoisotopic (exact) mass is 353 g/mol. The number of benzene rings is 1. The zero-order chi connectivity index (χ0) is 15.4. The summed E-state index contributed by atoms with van der Waals surface area (Å²) < 4.78 is 8.27. The molecule has 0 radical (unpaired) electrons. The minimum absolute atomic E-state index is 0.00597. The van der Waals surface area contributed by atoms with Gasteiger partial charge in [0.15, 0.2) is 0 Å². The van der Waals surface area contributed by atoms with Crippen molar-refractivity contribution in [1.29, 1.82) is 0 Å². The zero-order valence-electron chi connectivity index (χ0n) is 11.9. The second-order valence-corrected chi connectivity index (χ2v) is 5.31. The Hall–Kier alpha value is -1.89. The molecule has 0 aliphatic heterocycles. The Morgan fingerprint density at radius 2 is 2.14 bits per heavy atom. The molecule has 0 fully saturated rings. The quantitative estimate of drug-likeness (QED) is 0.586. The van der Waals surface area contributed by atoms with Crippen LogP contribution in [-0.2, 0) is 19.6 Å². The van der Waals surface area contributed by atoms with Gasteiger partial charge in [0.2, 0.25) is 0 Å². The smallest absolute Gasteiger partial charge is 0.273 e. The number of nitro benzene ring substituents is 1. The lowest BCUT2D eigenvalue weighted by atomic mass is 10.3. The molecule has 0 bridgehead atoms. The molecule has 0 saturated carbocycles. The molecular formula is C14H16BrN3O3. The van der Waals surface area contributed by atoms with Gasteiger partial charge < -0.3 is 4.74 Å². The number of halogens is 1. The summed E-state index contributed by atoms with van der Waals surface area (Å²) in [6.07, 6.45) is 0.862. The van der Waals surface area contributed by atoms with Crippen LogP contribution >= 0.6 is 15.9 Å². The molecule has 0 unspecified atom stereocenters. The first-order chi connectivity index (χ1) is 10.0. The largest absolute Gasteiger partial charge is 0.486 e. The Bertz CT molecular complexity index is 655. The van der Waals surface area contributed by atoms with Crippen LogP contribution in [0.2, 0.25) is 0 Å². The number of aryl methyl sites for hydroxylation is 2. The predicted octanol–water partition coefficient (Wildman–Crippen LogP) is 3.72. The third-order valence-electron chi connectivity index (χ3n) is 3.08. The molecule has 1 aromatic carbocycles. The van der Waals surface area contributed by atoms with Crippen LogP contribution in [0, 0.1) is 10.1 Å². The molecule has 2 aromatic rings. The average molecular weight is 354 g/mol. The van der Waals surface area contributed by atoms with Crippen LogP contribution in [0.15, 0.2) is 28.7 Å². The highest BCUT2D eigenvalue weighted by Gasteiger charge is 2.12. The number of nitro groups is 1. The number of rotatable bonds is 6. The highest BCUT2D eigenvalue weighted by Crippen LogP contribution is 2.29. The number of nitrogens with zero attached hydrogens (tertiary/aromatic N) is 3. The van der Waals surface area contributed by atoms with E-state index in [4.69, 9.17) is 4.74 Å². The standard InChI is InChI=1S/C14H16BrN3O3/c1-3-10-7-12(17(4-2)16-10)9-21-14-8-11(18(19)20)5-6-13(14)15/h5-8H,3-4,9H2,1-2H3. The summed E-state index contributed by atoms with van der Waals surface area (Å²) in [5.41, 5.74) is 1.97. The topological polar surface area (TPSA) is 70.2 Å². The van der Waals surface area contributed by atoms with Crippen molar-refractivity contribution in [2.45, 2.75) is 33.4 Å². The SMILES string of the molecule is CCc1cc(COc2cc([N+](=O)[O-])ccc2Br)n(CC)n1. The molecule has 0 aliphatic rings. The number of aromatic nitrogens is 2. The maximum absolute atomic E-state index is 10.8. The van der Waals surface area contributed by atoms with Crippen LogP contribution in [0.4, 0.5) is 5.69 Å². The van der Waals surface area contributed by atoms with Crippen molar-refractivity contribution in [3.63, 3.8) is 0 Å². The summed E-state index contributed by atoms with van der Waals surface area (Å²) in [4.78, 5) is 10.4. The first-order valence-corrected chi connectivity index (χ1v) is 7.46. The van der Waals surface area contributed by atoms with Crippen LogP contribution in [-0.4, -0.2) is 14.7 Å². The summed E-state index contributed by atoms with van der Waals surface area (Å²) >= 11 is 3.34. The molecule has 21 heavy (non-hydrogen) atoms. The number of ether oxygens (including phenoxy) is 1. The van der Waals surface area contributed by atoms with E-state index in [9.17, 15) is 10.1 Å². The Morgan fingerprint density at radius 1 is 1.38 bits per heavy atom. The van der Waals surface area contributed by atoms with Crippen LogP contribution in [0.25, 0.3) is 0 Å². The van der Waals surface area contributed by atoms with Gasteiger partial charge in [-0.25, -0.2) is 0 Å². The predicted molar refractivity (Wildman–Crippen MR) is 82.4 cm³/mol. The summed E-state index contributed by atoms with van der Waals surface area (Å²) in [7, 11) is 0. The van der Waals surface area contributed by atoms with Gasteiger partial charge in [0.1, 0.15) is 12.4 Å². The van der Waals surface area contributed by atoms with E-state index >= 15 is 0 Å². The molecule has 0 amide bonds. The van der Waals surface area contributed by atoms with E-state index in [1.54, 1.807) is 6.07 Å². The van der Waals surface area contributed by atoms with Crippen molar-refractivity contribution in [2.24, 2.45) is 0 Å². The molecule has 7 heteroatoms. The fourth-order valence-electron chi connectivity index (χ4n) is 1.95. The van der Waals surface area contributed by atoms with Gasteiger partial charge >= 0.3 is 0 Å². The third kappa shape index (κ3) is 3.60. The molecule has 112 valence electrons. The molecule has 0 saturated heterocycles. The van der Waals surface area contributed by atoms with E-state index in [-0.39, 0.29) is 5.69 Å². The van der Waals surface area contributed by atoms with Gasteiger partial charge in [-0.2, -0.15) is 5.10 Å². The second kappa shape index (κ2) is 6.71. The summed E-state index contributed by atoms with van der Waals surface area (Å²) in [6.45, 7) is 5.14. The number of non-ortho nitro benzene ring substituents is 1. The lowest BCUT2D eigenvalue weighted by Gasteiger charge is -2.09. The zero-order valence-corrected chi connectivity index (χ0v) is 13.5. The first kappa shape index (κ1) is 15.5. The normalized spacial score (nSPS) is 10.6. The van der Waals surface area contributed by atoms with E-state index in [0.29, 0.717) is 16.8 Å². The van der Waals surface area contributed by atoms with Gasteiger partial charge in [-0.1, -0.05) is 6.92 Å². The molecule has 0 atom stereocenters. The minimum atomic E-state index is -0.440. The van der Waals surface area contributed by atoms with E-state index in [0.717, 1.165) is 24.4 Å². The van der Waals surface area contributed by atoms with Crippen LogP contribution < -0.4 is 4.74 Å². The van der Waals surface area contributed by atoms with Crippen molar-refractivity contribution in [3.05, 3.63) is 50.2 Å². The highest BCUT2D eigenvalue weighted by atomic mass is 79.9. The van der Waals surface area contributed by atoms with Crippen molar-refractivity contribution in [3.8, 4) is 5.75 Å². The summed E-state index contributed by atoms with van der Waals surface area (Å²) in [5.74, 6) is 0.450. The van der Waals surface area contributed by atoms with Crippen LogP contribution in [0.3, 0.4) is 0 Å². The Balaban J connectivity index is 2.18. The first-order valence-electron chi connectivity index (χ1n) is 6.67. The lowest BCUT2D eigenvalue weighted by molar-refractivity contribution is -0.385. The van der Waals surface area contributed by atoms with E-state index < -0.39 is 4.92 Å². The molecule has 0 aliphatic carbocycles. The van der Waals surface area contributed by atoms with Gasteiger partial charge in [0.25, 0.3) is 5.69 Å². The number of hydrogen-bond donors (Lipinski definition) is 0. The lowest BCUT2D eigenvalue weighted by Crippen LogP contribution is -2.06. The highest BCUT2D eigenvalue weighted by molar-refractivity contribution is 9.10. The van der Waals surface area contributed by atoms with Crippen molar-refractivity contribution in [2.75, 3.05) is 0 Å². The molecule has 1 heterocycles. The molecular weight excluding hydrogens is 338 g/mol. The Morgan fingerprint density at radius 3 is 2.76 bits per heavy atom. The average Bonchev–Trinajstić information content (AvgIpc) is 2.88. The molecule has 6 nitrogen and oxygen atoms in total. The van der Waals surface area contributed by atoms with Crippen molar-refractivity contribution in [1.82, 2.24) is 9.78 Å². The van der Waals surface area contributed by atoms with Gasteiger partial charge in [-0.3, -0.25) is 14.8 Å². The Kier molecular flexibility index (Phi) is 4.95. The minimum Gasteiger partial charge on any atom is -0.486 e. The van der Waals surface area contributed by atoms with Gasteiger partial charge in [-0.15, -0.1) is 0 Å². The second-order valence-electron chi connectivity index (χ2n) is 4.46. The molecule has 2 rings (SSSR count). The summed E-state index contributed by atoms with van der Waals surface area (Å²) in [5, 5.41) is 15.2. The van der Waals surface area contributed by atoms with E-state index in [1.807, 2.05) is 24.6 Å². The summed E-state index contributed by atoms with van der Waals surface area (Å²) in [6, 6.07) is 6.46. The van der Waals surface area contributed by atoms with E-state index in [2.05, 4.69) is 21.0 Å². The maximum atomic E-state index is 10.8. The fourth-order valence-corrected chi connectivity index (χ4v) is 2.31. The van der Waals surface area contributed by atoms with Crippen LogP contribution in [0.5, 0.6) is 5.75 Å².